The van der Waals surface area contributed by atoms with Crippen molar-refractivity contribution in [2.75, 3.05) is 5.32 Å². The van der Waals surface area contributed by atoms with Crippen LogP contribution in [0.2, 0.25) is 0 Å². The Balaban J connectivity index is 2.23. The summed E-state index contributed by atoms with van der Waals surface area (Å²) in [6, 6.07) is 5.33. The van der Waals surface area contributed by atoms with Crippen molar-refractivity contribution >= 4 is 17.6 Å². The number of benzene rings is 1. The minimum Gasteiger partial charge on any atom is -0.458 e. The van der Waals surface area contributed by atoms with Crippen LogP contribution in [-0.4, -0.2) is 34.4 Å². The Hall–Kier alpha value is -2.97. The monoisotopic (exact) mass is 367 g/mol. The standard InChI is InChI=1S/C17H19F2N3O4/c1-4-22-9-13(14(21-22)16(24)25-10(2)3)20-15(23)11-6-5-7-12(8-11)26-17(18)19/h5-10,17H,4H2,1-3H3,(H,20,23). The Morgan fingerprint density at radius 2 is 2.04 bits per heavy atom. The van der Waals surface area contributed by atoms with Gasteiger partial charge in [-0.1, -0.05) is 6.07 Å². The van der Waals surface area contributed by atoms with E-state index in [1.54, 1.807) is 13.8 Å². The molecule has 0 spiro atoms. The number of anilines is 1. The highest BCUT2D eigenvalue weighted by molar-refractivity contribution is 6.07. The molecule has 1 aromatic heterocycles. The van der Waals surface area contributed by atoms with Crippen LogP contribution in [-0.2, 0) is 11.3 Å². The van der Waals surface area contributed by atoms with Gasteiger partial charge in [-0.15, -0.1) is 0 Å². The molecule has 0 radical (unpaired) electrons. The third-order valence-corrected chi connectivity index (χ3v) is 3.19. The lowest BCUT2D eigenvalue weighted by Crippen LogP contribution is -2.17. The van der Waals surface area contributed by atoms with Crippen LogP contribution in [0.4, 0.5) is 14.5 Å². The number of nitrogens with zero attached hydrogens (tertiary/aromatic N) is 2. The van der Waals surface area contributed by atoms with E-state index in [0.717, 1.165) is 0 Å². The highest BCUT2D eigenvalue weighted by atomic mass is 19.3. The molecule has 1 N–H and O–H groups in total. The van der Waals surface area contributed by atoms with Gasteiger partial charge in [-0.3, -0.25) is 9.48 Å². The fourth-order valence-electron chi connectivity index (χ4n) is 2.10. The molecule has 26 heavy (non-hydrogen) atoms. The van der Waals surface area contributed by atoms with Gasteiger partial charge in [-0.25, -0.2) is 4.79 Å². The molecule has 0 aliphatic heterocycles. The summed E-state index contributed by atoms with van der Waals surface area (Å²) >= 11 is 0. The van der Waals surface area contributed by atoms with Crippen molar-refractivity contribution in [3.63, 3.8) is 0 Å². The number of halogens is 2. The summed E-state index contributed by atoms with van der Waals surface area (Å²) in [6.07, 6.45) is 1.15. The van der Waals surface area contributed by atoms with Crippen LogP contribution < -0.4 is 10.1 Å². The van der Waals surface area contributed by atoms with E-state index in [4.69, 9.17) is 4.74 Å². The zero-order chi connectivity index (χ0) is 19.3. The van der Waals surface area contributed by atoms with Crippen LogP contribution in [0.5, 0.6) is 5.75 Å². The van der Waals surface area contributed by atoms with E-state index in [0.29, 0.717) is 6.54 Å². The number of carbonyl (C=O) groups excluding carboxylic acids is 2. The fraction of sp³-hybridized carbons (Fsp3) is 0.353. The SMILES string of the molecule is CCn1cc(NC(=O)c2cccc(OC(F)F)c2)c(C(=O)OC(C)C)n1. The summed E-state index contributed by atoms with van der Waals surface area (Å²) in [4.78, 5) is 24.5. The van der Waals surface area contributed by atoms with Crippen LogP contribution in [0.25, 0.3) is 0 Å². The van der Waals surface area contributed by atoms with Gasteiger partial charge in [0.25, 0.3) is 5.91 Å². The number of carbonyl (C=O) groups is 2. The number of nitrogens with one attached hydrogen (secondary N) is 1. The Bertz CT molecular complexity index is 790. The first-order chi connectivity index (χ1) is 12.3. The van der Waals surface area contributed by atoms with Gasteiger partial charge in [0.1, 0.15) is 5.75 Å². The lowest BCUT2D eigenvalue weighted by molar-refractivity contribution is -0.0498. The second kappa shape index (κ2) is 8.41. The zero-order valence-corrected chi connectivity index (χ0v) is 14.5. The van der Waals surface area contributed by atoms with E-state index in [1.807, 2.05) is 6.92 Å². The molecule has 0 saturated carbocycles. The number of alkyl halides is 2. The molecule has 1 aromatic carbocycles. The predicted molar refractivity (Wildman–Crippen MR) is 89.5 cm³/mol. The molecule has 1 amide bonds. The van der Waals surface area contributed by atoms with E-state index in [9.17, 15) is 18.4 Å². The molecule has 0 aliphatic carbocycles. The molecule has 2 rings (SSSR count). The van der Waals surface area contributed by atoms with Crippen LogP contribution >= 0.6 is 0 Å². The molecule has 0 fully saturated rings. The maximum Gasteiger partial charge on any atom is 0.387 e. The number of hydrogen-bond acceptors (Lipinski definition) is 5. The average Bonchev–Trinajstić information content (AvgIpc) is 2.97. The Kier molecular flexibility index (Phi) is 6.26. The molecule has 1 heterocycles. The lowest BCUT2D eigenvalue weighted by atomic mass is 10.2. The summed E-state index contributed by atoms with van der Waals surface area (Å²) in [6.45, 7) is 2.70. The molecular weight excluding hydrogens is 348 g/mol. The summed E-state index contributed by atoms with van der Waals surface area (Å²) in [7, 11) is 0. The van der Waals surface area contributed by atoms with E-state index < -0.39 is 18.5 Å². The summed E-state index contributed by atoms with van der Waals surface area (Å²) in [5.74, 6) is -1.41. The van der Waals surface area contributed by atoms with Crippen molar-refractivity contribution in [2.24, 2.45) is 0 Å². The minimum absolute atomic E-state index is 0.0334. The van der Waals surface area contributed by atoms with Crippen molar-refractivity contribution in [2.45, 2.75) is 40.0 Å². The number of aryl methyl sites for hydroxylation is 1. The highest BCUT2D eigenvalue weighted by Gasteiger charge is 2.21. The number of rotatable bonds is 7. The second-order valence-electron chi connectivity index (χ2n) is 5.56. The van der Waals surface area contributed by atoms with E-state index >= 15 is 0 Å². The van der Waals surface area contributed by atoms with Gasteiger partial charge in [0.2, 0.25) is 0 Å². The van der Waals surface area contributed by atoms with Crippen LogP contribution in [0, 0.1) is 0 Å². The third kappa shape index (κ3) is 5.01. The normalized spacial score (nSPS) is 10.9. The molecular formula is C17H19F2N3O4. The molecule has 0 atom stereocenters. The van der Waals surface area contributed by atoms with Gasteiger partial charge in [0, 0.05) is 18.3 Å². The predicted octanol–water partition coefficient (Wildman–Crippen LogP) is 3.32. The molecule has 0 unspecified atom stereocenters. The Morgan fingerprint density at radius 1 is 1.31 bits per heavy atom. The summed E-state index contributed by atoms with van der Waals surface area (Å²) in [5, 5.41) is 6.64. The topological polar surface area (TPSA) is 82.5 Å². The summed E-state index contributed by atoms with van der Waals surface area (Å²) < 4.78 is 35.5. The number of ether oxygens (including phenoxy) is 2. The van der Waals surface area contributed by atoms with Crippen molar-refractivity contribution in [1.29, 1.82) is 0 Å². The maximum absolute atomic E-state index is 12.4. The first kappa shape index (κ1) is 19.4. The lowest BCUT2D eigenvalue weighted by Gasteiger charge is -2.09. The van der Waals surface area contributed by atoms with Gasteiger partial charge < -0.3 is 14.8 Å². The molecule has 0 aliphatic rings. The van der Waals surface area contributed by atoms with Crippen molar-refractivity contribution in [3.05, 3.63) is 41.7 Å². The average molecular weight is 367 g/mol. The van der Waals surface area contributed by atoms with Crippen molar-refractivity contribution in [3.8, 4) is 5.75 Å². The number of esters is 1. The molecule has 2 aromatic rings. The van der Waals surface area contributed by atoms with E-state index in [1.165, 1.54) is 35.1 Å². The molecule has 140 valence electrons. The van der Waals surface area contributed by atoms with Gasteiger partial charge in [-0.05, 0) is 39.0 Å². The molecule has 9 heteroatoms. The van der Waals surface area contributed by atoms with Crippen LogP contribution in [0.15, 0.2) is 30.5 Å². The second-order valence-corrected chi connectivity index (χ2v) is 5.56. The highest BCUT2D eigenvalue weighted by Crippen LogP contribution is 2.20. The van der Waals surface area contributed by atoms with Crippen molar-refractivity contribution < 1.29 is 27.8 Å². The van der Waals surface area contributed by atoms with Gasteiger partial charge >= 0.3 is 12.6 Å². The number of aromatic nitrogens is 2. The first-order valence-corrected chi connectivity index (χ1v) is 7.94. The summed E-state index contributed by atoms with van der Waals surface area (Å²) in [5.41, 5.74) is 0.229. The van der Waals surface area contributed by atoms with E-state index in [-0.39, 0.29) is 28.8 Å². The smallest absolute Gasteiger partial charge is 0.387 e. The minimum atomic E-state index is -2.99. The zero-order valence-electron chi connectivity index (χ0n) is 14.5. The third-order valence-electron chi connectivity index (χ3n) is 3.19. The molecule has 7 nitrogen and oxygen atoms in total. The quantitative estimate of drug-likeness (QED) is 0.759. The molecule has 0 saturated heterocycles. The van der Waals surface area contributed by atoms with Crippen LogP contribution in [0.3, 0.4) is 0 Å². The Labute approximate surface area is 148 Å². The van der Waals surface area contributed by atoms with Crippen LogP contribution in [0.1, 0.15) is 41.6 Å². The van der Waals surface area contributed by atoms with Crippen molar-refractivity contribution in [1.82, 2.24) is 9.78 Å². The van der Waals surface area contributed by atoms with E-state index in [2.05, 4.69) is 15.2 Å². The molecule has 0 bridgehead atoms. The maximum atomic E-state index is 12.4. The fourth-order valence-corrected chi connectivity index (χ4v) is 2.10. The first-order valence-electron chi connectivity index (χ1n) is 7.94. The van der Waals surface area contributed by atoms with Gasteiger partial charge in [0.05, 0.1) is 11.8 Å². The largest absolute Gasteiger partial charge is 0.458 e. The van der Waals surface area contributed by atoms with Gasteiger partial charge in [0.15, 0.2) is 5.69 Å². The number of hydrogen-bond donors (Lipinski definition) is 1. The Morgan fingerprint density at radius 3 is 2.65 bits per heavy atom. The number of amides is 1. The van der Waals surface area contributed by atoms with Gasteiger partial charge in [-0.2, -0.15) is 13.9 Å².